The second-order valence-corrected chi connectivity index (χ2v) is 7.24. The lowest BCUT2D eigenvalue weighted by atomic mass is 9.84. The van der Waals surface area contributed by atoms with E-state index in [-0.39, 0.29) is 17.5 Å². The van der Waals surface area contributed by atoms with Crippen molar-refractivity contribution in [2.45, 2.75) is 32.6 Å². The molecule has 1 aromatic heterocycles. The van der Waals surface area contributed by atoms with E-state index in [0.717, 1.165) is 5.56 Å². The molecule has 132 valence electrons. The molecule has 2 N–H and O–H groups in total. The number of H-pyrrole nitrogens is 1. The number of hydrogen-bond acceptors (Lipinski definition) is 3. The summed E-state index contributed by atoms with van der Waals surface area (Å²) in [7, 11) is 0. The number of aliphatic carboxylic acids is 1. The van der Waals surface area contributed by atoms with Gasteiger partial charge in [-0.05, 0) is 34.7 Å². The molecule has 0 fully saturated rings. The second kappa shape index (κ2) is 6.19. The molecular formula is C20H19N3O3. The van der Waals surface area contributed by atoms with Crippen LogP contribution in [0.3, 0.4) is 0 Å². The van der Waals surface area contributed by atoms with Gasteiger partial charge < -0.3 is 10.1 Å². The van der Waals surface area contributed by atoms with Gasteiger partial charge in [0.25, 0.3) is 0 Å². The van der Waals surface area contributed by atoms with Crippen molar-refractivity contribution in [1.82, 2.24) is 9.55 Å². The first-order valence-electron chi connectivity index (χ1n) is 8.22. The van der Waals surface area contributed by atoms with Crippen molar-refractivity contribution in [3.8, 4) is 11.8 Å². The van der Waals surface area contributed by atoms with Crippen LogP contribution in [0.25, 0.3) is 16.7 Å². The summed E-state index contributed by atoms with van der Waals surface area (Å²) in [5.41, 5.74) is 2.89. The normalized spacial score (nSPS) is 11.5. The summed E-state index contributed by atoms with van der Waals surface area (Å²) in [5, 5.41) is 18.5. The number of nitrogens with zero attached hydrogens (tertiary/aromatic N) is 2. The number of carboxylic acid groups (broad SMARTS) is 1. The minimum atomic E-state index is -0.970. The van der Waals surface area contributed by atoms with Gasteiger partial charge >= 0.3 is 11.7 Å². The number of carbonyl (C=O) groups is 1. The zero-order valence-electron chi connectivity index (χ0n) is 14.8. The molecule has 0 spiro atoms. The molecule has 26 heavy (non-hydrogen) atoms. The number of imidazole rings is 1. The van der Waals surface area contributed by atoms with Gasteiger partial charge in [0, 0.05) is 0 Å². The molecule has 2 aromatic carbocycles. The zero-order chi connectivity index (χ0) is 19.1. The second-order valence-electron chi connectivity index (χ2n) is 7.24. The summed E-state index contributed by atoms with van der Waals surface area (Å²) in [6.07, 6.45) is -0.198. The molecule has 1 heterocycles. The highest BCUT2D eigenvalue weighted by Gasteiger charge is 2.24. The lowest BCUT2D eigenvalue weighted by Crippen LogP contribution is -2.23. The minimum absolute atomic E-state index is 0.198. The van der Waals surface area contributed by atoms with Crippen molar-refractivity contribution >= 4 is 17.0 Å². The summed E-state index contributed by atoms with van der Waals surface area (Å²) < 4.78 is 1.48. The first-order chi connectivity index (χ1) is 12.2. The van der Waals surface area contributed by atoms with Gasteiger partial charge in [-0.25, -0.2) is 4.79 Å². The largest absolute Gasteiger partial charge is 0.481 e. The third-order valence-electron chi connectivity index (χ3n) is 4.31. The molecule has 0 radical (unpaired) electrons. The Balaban J connectivity index is 2.45. The van der Waals surface area contributed by atoms with E-state index in [4.69, 9.17) is 0 Å². The number of nitriles is 1. The molecule has 0 saturated carbocycles. The standard InChI is InChI=1S/C20H19N3O3/c1-20(2,3)14-6-4-5-13(10-17(24)25)18(14)23-16-9-12(11-21)7-8-15(16)22-19(23)26/h4-9H,10H2,1-3H3,(H,22,26)(H,24,25). The number of nitrogens with one attached hydrogen (secondary N) is 1. The van der Waals surface area contributed by atoms with Gasteiger partial charge in [-0.1, -0.05) is 39.0 Å². The molecule has 0 aliphatic carbocycles. The number of benzene rings is 2. The summed E-state index contributed by atoms with van der Waals surface area (Å²) in [6, 6.07) is 12.5. The Bertz CT molecular complexity index is 1110. The average Bonchev–Trinajstić information content (AvgIpc) is 2.88. The van der Waals surface area contributed by atoms with Crippen molar-refractivity contribution in [2.24, 2.45) is 0 Å². The lowest BCUT2D eigenvalue weighted by molar-refractivity contribution is -0.136. The van der Waals surface area contributed by atoms with Crippen LogP contribution in [0, 0.1) is 11.3 Å². The van der Waals surface area contributed by atoms with Crippen molar-refractivity contribution in [2.75, 3.05) is 0 Å². The first-order valence-corrected chi connectivity index (χ1v) is 8.22. The molecule has 0 saturated heterocycles. The van der Waals surface area contributed by atoms with Crippen LogP contribution in [0.4, 0.5) is 0 Å². The van der Waals surface area contributed by atoms with E-state index in [1.807, 2.05) is 32.9 Å². The van der Waals surface area contributed by atoms with Gasteiger partial charge in [0.05, 0.1) is 34.8 Å². The van der Waals surface area contributed by atoms with E-state index < -0.39 is 5.97 Å². The van der Waals surface area contributed by atoms with Crippen molar-refractivity contribution in [3.63, 3.8) is 0 Å². The Morgan fingerprint density at radius 1 is 1.27 bits per heavy atom. The number of carboxylic acids is 1. The number of fused-ring (bicyclic) bond motifs is 1. The minimum Gasteiger partial charge on any atom is -0.481 e. The molecule has 3 rings (SSSR count). The fourth-order valence-electron chi connectivity index (χ4n) is 3.16. The van der Waals surface area contributed by atoms with Crippen LogP contribution >= 0.6 is 0 Å². The van der Waals surface area contributed by atoms with Crippen LogP contribution in [0.5, 0.6) is 0 Å². The molecule has 3 aromatic rings. The third kappa shape index (κ3) is 3.00. The maximum atomic E-state index is 12.7. The smallest absolute Gasteiger partial charge is 0.331 e. The number of aromatic nitrogens is 2. The molecule has 0 aliphatic rings. The Kier molecular flexibility index (Phi) is 4.17. The van der Waals surface area contributed by atoms with Gasteiger partial charge in [0.15, 0.2) is 0 Å². The van der Waals surface area contributed by atoms with Crippen LogP contribution in [0.15, 0.2) is 41.2 Å². The van der Waals surface area contributed by atoms with Crippen molar-refractivity contribution in [3.05, 3.63) is 63.6 Å². The summed E-state index contributed by atoms with van der Waals surface area (Å²) in [5.74, 6) is -0.970. The number of para-hydroxylation sites is 1. The van der Waals surface area contributed by atoms with Crippen molar-refractivity contribution in [1.29, 1.82) is 5.26 Å². The Hall–Kier alpha value is -3.33. The highest BCUT2D eigenvalue weighted by Crippen LogP contribution is 2.32. The quantitative estimate of drug-likeness (QED) is 0.759. The van der Waals surface area contributed by atoms with Gasteiger partial charge in [-0.15, -0.1) is 0 Å². The van der Waals surface area contributed by atoms with E-state index in [1.165, 1.54) is 4.57 Å². The van der Waals surface area contributed by atoms with Crippen molar-refractivity contribution < 1.29 is 9.90 Å². The van der Waals surface area contributed by atoms with Crippen LogP contribution in [-0.2, 0) is 16.6 Å². The number of hydrogen-bond donors (Lipinski definition) is 2. The number of aromatic amines is 1. The molecule has 0 atom stereocenters. The Labute approximate surface area is 150 Å². The maximum absolute atomic E-state index is 12.7. The summed E-state index contributed by atoms with van der Waals surface area (Å²) in [6.45, 7) is 6.03. The average molecular weight is 349 g/mol. The molecule has 0 aliphatic heterocycles. The van der Waals surface area contributed by atoms with E-state index in [2.05, 4.69) is 11.1 Å². The molecule has 0 amide bonds. The fraction of sp³-hybridized carbons (Fsp3) is 0.250. The van der Waals surface area contributed by atoms with Crippen LogP contribution in [-0.4, -0.2) is 20.6 Å². The van der Waals surface area contributed by atoms with Gasteiger partial charge in [0.1, 0.15) is 0 Å². The predicted molar refractivity (Wildman–Crippen MR) is 98.7 cm³/mol. The fourth-order valence-corrected chi connectivity index (χ4v) is 3.16. The van der Waals surface area contributed by atoms with E-state index in [1.54, 1.807) is 24.3 Å². The Morgan fingerprint density at radius 3 is 2.62 bits per heavy atom. The first kappa shape index (κ1) is 17.5. The third-order valence-corrected chi connectivity index (χ3v) is 4.31. The molecule has 6 heteroatoms. The Morgan fingerprint density at radius 2 is 2.00 bits per heavy atom. The van der Waals surface area contributed by atoms with E-state index in [0.29, 0.717) is 27.8 Å². The van der Waals surface area contributed by atoms with Gasteiger partial charge in [0.2, 0.25) is 0 Å². The maximum Gasteiger partial charge on any atom is 0.331 e. The highest BCUT2D eigenvalue weighted by molar-refractivity contribution is 5.81. The number of rotatable bonds is 3. The predicted octanol–water partition coefficient (Wildman–Crippen LogP) is 3.12. The van der Waals surface area contributed by atoms with Gasteiger partial charge in [-0.3, -0.25) is 9.36 Å². The molecular weight excluding hydrogens is 330 g/mol. The zero-order valence-corrected chi connectivity index (χ0v) is 14.8. The SMILES string of the molecule is CC(C)(C)c1cccc(CC(=O)O)c1-n1c(=O)[nH]c2ccc(C#N)cc21. The lowest BCUT2D eigenvalue weighted by Gasteiger charge is -2.25. The van der Waals surface area contributed by atoms with Gasteiger partial charge in [-0.2, -0.15) is 5.26 Å². The summed E-state index contributed by atoms with van der Waals surface area (Å²) >= 11 is 0. The highest BCUT2D eigenvalue weighted by atomic mass is 16.4. The molecule has 0 unspecified atom stereocenters. The van der Waals surface area contributed by atoms with Crippen LogP contribution < -0.4 is 5.69 Å². The van der Waals surface area contributed by atoms with E-state index in [9.17, 15) is 20.0 Å². The molecule has 6 nitrogen and oxygen atoms in total. The van der Waals surface area contributed by atoms with Crippen LogP contribution in [0.1, 0.15) is 37.5 Å². The molecule has 0 bridgehead atoms. The topological polar surface area (TPSA) is 98.9 Å². The van der Waals surface area contributed by atoms with E-state index >= 15 is 0 Å². The monoisotopic (exact) mass is 349 g/mol. The van der Waals surface area contributed by atoms with Crippen LogP contribution in [0.2, 0.25) is 0 Å². The summed E-state index contributed by atoms with van der Waals surface area (Å²) in [4.78, 5) is 26.9.